The Labute approximate surface area is 169 Å². The van der Waals surface area contributed by atoms with E-state index < -0.39 is 0 Å². The Balaban J connectivity index is 0.00000288. The normalized spacial score (nSPS) is 19.3. The molecule has 0 aliphatic carbocycles. The second kappa shape index (κ2) is 11.4. The molecular weight excluding hydrogens is 377 g/mol. The Morgan fingerprint density at radius 2 is 2.08 bits per heavy atom. The van der Waals surface area contributed by atoms with Crippen molar-refractivity contribution in [3.8, 4) is 0 Å². The van der Waals surface area contributed by atoms with Crippen molar-refractivity contribution in [2.75, 3.05) is 20.1 Å². The zero-order valence-corrected chi connectivity index (χ0v) is 18.5. The number of thiazole rings is 1. The lowest BCUT2D eigenvalue weighted by atomic mass is 9.85. The second-order valence-electron chi connectivity index (χ2n) is 6.88. The molecule has 1 N–H and O–H groups in total. The Morgan fingerprint density at radius 1 is 1.40 bits per heavy atom. The maximum atomic E-state index is 12.7. The molecule has 1 aliphatic heterocycles. The summed E-state index contributed by atoms with van der Waals surface area (Å²) in [6, 6.07) is 0.108. The van der Waals surface area contributed by atoms with E-state index >= 15 is 0 Å². The number of carbonyl (C=O) groups excluding carboxylic acids is 1. The number of hydrogen-bond acceptors (Lipinski definition) is 4. The van der Waals surface area contributed by atoms with E-state index in [1.807, 2.05) is 11.9 Å². The number of aromatic nitrogens is 1. The van der Waals surface area contributed by atoms with Gasteiger partial charge < -0.3 is 10.2 Å². The topological polar surface area (TPSA) is 45.2 Å². The highest BCUT2D eigenvalue weighted by molar-refractivity contribution is 7.11. The minimum atomic E-state index is 0. The molecule has 1 amide bonds. The molecule has 146 valence electrons. The van der Waals surface area contributed by atoms with Crippen molar-refractivity contribution < 1.29 is 4.79 Å². The maximum Gasteiger partial charge on any atom is 0.223 e. The van der Waals surface area contributed by atoms with Crippen LogP contribution in [0.2, 0.25) is 0 Å². The Kier molecular flexibility index (Phi) is 11.2. The smallest absolute Gasteiger partial charge is 0.223 e. The van der Waals surface area contributed by atoms with Crippen LogP contribution >= 0.6 is 36.2 Å². The van der Waals surface area contributed by atoms with Crippen LogP contribution in [0.4, 0.5) is 0 Å². The van der Waals surface area contributed by atoms with Gasteiger partial charge in [-0.25, -0.2) is 4.98 Å². The van der Waals surface area contributed by atoms with Gasteiger partial charge in [-0.1, -0.05) is 13.8 Å². The molecule has 3 unspecified atom stereocenters. The molecule has 1 fully saturated rings. The van der Waals surface area contributed by atoms with E-state index in [1.165, 1.54) is 17.7 Å². The molecule has 0 radical (unpaired) electrons. The number of halogens is 2. The first-order valence-electron chi connectivity index (χ1n) is 8.86. The third kappa shape index (κ3) is 6.38. The summed E-state index contributed by atoms with van der Waals surface area (Å²) in [5.41, 5.74) is 1.07. The zero-order chi connectivity index (χ0) is 17.0. The van der Waals surface area contributed by atoms with Crippen LogP contribution in [-0.2, 0) is 11.2 Å². The van der Waals surface area contributed by atoms with Crippen LogP contribution in [0, 0.1) is 18.8 Å². The highest BCUT2D eigenvalue weighted by atomic mass is 35.5. The van der Waals surface area contributed by atoms with Gasteiger partial charge in [-0.15, -0.1) is 36.2 Å². The molecule has 1 aromatic heterocycles. The summed E-state index contributed by atoms with van der Waals surface area (Å²) >= 11 is 1.75. The predicted octanol–water partition coefficient (Wildman–Crippen LogP) is 4.40. The lowest BCUT2D eigenvalue weighted by Gasteiger charge is -2.30. The van der Waals surface area contributed by atoms with Gasteiger partial charge in [0.2, 0.25) is 5.91 Å². The Morgan fingerprint density at radius 3 is 2.60 bits per heavy atom. The van der Waals surface area contributed by atoms with Crippen LogP contribution in [0.25, 0.3) is 0 Å². The molecule has 0 saturated carbocycles. The summed E-state index contributed by atoms with van der Waals surface area (Å²) in [4.78, 5) is 20.4. The minimum Gasteiger partial charge on any atom is -0.338 e. The lowest BCUT2D eigenvalue weighted by Crippen LogP contribution is -2.36. The van der Waals surface area contributed by atoms with Crippen LogP contribution < -0.4 is 5.32 Å². The van der Waals surface area contributed by atoms with Gasteiger partial charge in [0.25, 0.3) is 0 Å². The number of amides is 1. The Hall–Kier alpha value is -0.360. The van der Waals surface area contributed by atoms with Crippen molar-refractivity contribution in [1.29, 1.82) is 0 Å². The highest BCUT2D eigenvalue weighted by Gasteiger charge is 2.26. The monoisotopic (exact) mass is 409 g/mol. The summed E-state index contributed by atoms with van der Waals surface area (Å²) in [5, 5.41) is 4.61. The van der Waals surface area contributed by atoms with Crippen molar-refractivity contribution in [2.24, 2.45) is 11.8 Å². The summed E-state index contributed by atoms with van der Waals surface area (Å²) in [6.07, 6.45) is 4.08. The fraction of sp³-hybridized carbons (Fsp3) is 0.778. The van der Waals surface area contributed by atoms with Gasteiger partial charge in [0, 0.05) is 18.3 Å². The van der Waals surface area contributed by atoms with E-state index in [4.69, 9.17) is 0 Å². The van der Waals surface area contributed by atoms with Crippen LogP contribution in [0.15, 0.2) is 0 Å². The molecule has 7 heteroatoms. The van der Waals surface area contributed by atoms with Crippen molar-refractivity contribution in [3.63, 3.8) is 0 Å². The second-order valence-corrected chi connectivity index (χ2v) is 7.99. The summed E-state index contributed by atoms with van der Waals surface area (Å²) in [5.74, 6) is 1.33. The first-order chi connectivity index (χ1) is 10.9. The first kappa shape index (κ1) is 24.6. The quantitative estimate of drug-likeness (QED) is 0.756. The van der Waals surface area contributed by atoms with E-state index in [9.17, 15) is 4.79 Å². The fourth-order valence-corrected chi connectivity index (χ4v) is 4.45. The molecule has 0 spiro atoms. The minimum absolute atomic E-state index is 0. The van der Waals surface area contributed by atoms with Crippen molar-refractivity contribution >= 4 is 42.1 Å². The van der Waals surface area contributed by atoms with Crippen LogP contribution in [0.3, 0.4) is 0 Å². The Bertz CT molecular complexity index is 532. The number of aryl methyl sites for hydroxylation is 2. The molecule has 1 aliphatic rings. The van der Waals surface area contributed by atoms with Gasteiger partial charge in [0.1, 0.15) is 0 Å². The van der Waals surface area contributed by atoms with Gasteiger partial charge >= 0.3 is 0 Å². The lowest BCUT2D eigenvalue weighted by molar-refractivity contribution is -0.133. The number of hydrogen-bond donors (Lipinski definition) is 1. The van der Waals surface area contributed by atoms with Gasteiger partial charge in [-0.05, 0) is 58.0 Å². The van der Waals surface area contributed by atoms with E-state index in [1.54, 1.807) is 11.3 Å². The molecular formula is C18H33Cl2N3OS. The third-order valence-electron chi connectivity index (χ3n) is 5.17. The first-order valence-corrected chi connectivity index (χ1v) is 9.68. The average molecular weight is 410 g/mol. The number of nitrogens with one attached hydrogen (secondary N) is 1. The number of rotatable bonds is 6. The predicted molar refractivity (Wildman–Crippen MR) is 111 cm³/mol. The molecule has 0 aromatic carbocycles. The number of piperidine rings is 1. The molecule has 2 rings (SSSR count). The molecule has 0 bridgehead atoms. The summed E-state index contributed by atoms with van der Waals surface area (Å²) in [6.45, 7) is 10.7. The zero-order valence-electron chi connectivity index (χ0n) is 16.0. The van der Waals surface area contributed by atoms with E-state index in [-0.39, 0.29) is 36.8 Å². The summed E-state index contributed by atoms with van der Waals surface area (Å²) < 4.78 is 0. The number of nitrogens with zero attached hydrogens (tertiary/aromatic N) is 2. The average Bonchev–Trinajstić information content (AvgIpc) is 2.95. The highest BCUT2D eigenvalue weighted by Crippen LogP contribution is 2.30. The molecule has 1 saturated heterocycles. The largest absolute Gasteiger partial charge is 0.338 e. The van der Waals surface area contributed by atoms with Crippen molar-refractivity contribution in [1.82, 2.24) is 15.2 Å². The van der Waals surface area contributed by atoms with E-state index in [0.29, 0.717) is 18.3 Å². The van der Waals surface area contributed by atoms with Crippen LogP contribution in [0.1, 0.15) is 61.7 Å². The van der Waals surface area contributed by atoms with Gasteiger partial charge in [0.05, 0.1) is 16.7 Å². The number of carbonyl (C=O) groups is 1. The van der Waals surface area contributed by atoms with Crippen molar-refractivity contribution in [3.05, 3.63) is 15.6 Å². The van der Waals surface area contributed by atoms with Gasteiger partial charge in [-0.3, -0.25) is 4.79 Å². The van der Waals surface area contributed by atoms with Crippen LogP contribution in [0.5, 0.6) is 0 Å². The molecule has 2 heterocycles. The molecule has 4 nitrogen and oxygen atoms in total. The fourth-order valence-electron chi connectivity index (χ4n) is 3.35. The van der Waals surface area contributed by atoms with Crippen molar-refractivity contribution in [2.45, 2.75) is 59.4 Å². The van der Waals surface area contributed by atoms with E-state index in [0.717, 1.165) is 30.2 Å². The van der Waals surface area contributed by atoms with Crippen LogP contribution in [-0.4, -0.2) is 35.9 Å². The summed E-state index contributed by atoms with van der Waals surface area (Å²) in [7, 11) is 1.93. The third-order valence-corrected chi connectivity index (χ3v) is 6.64. The van der Waals surface area contributed by atoms with E-state index in [2.05, 4.69) is 38.0 Å². The maximum absolute atomic E-state index is 12.7. The molecule has 1 aromatic rings. The van der Waals surface area contributed by atoms with Gasteiger partial charge in [-0.2, -0.15) is 0 Å². The standard InChI is InChI=1S/C18H31N3OS.2ClH/c1-6-16-20-13(3)18(23-16)14(4)21(5)17(22)10-12(2)15-8-7-9-19-11-15;;/h12,14-15,19H,6-11H2,1-5H3;2*1H. The molecule has 25 heavy (non-hydrogen) atoms. The molecule has 3 atom stereocenters. The van der Waals surface area contributed by atoms with Gasteiger partial charge in [0.15, 0.2) is 0 Å². The SMILES string of the molecule is CCc1nc(C)c(C(C)N(C)C(=O)CC(C)C2CCCNC2)s1.Cl.Cl.